The highest BCUT2D eigenvalue weighted by Crippen LogP contribution is 2.30. The number of H-pyrrole nitrogens is 1. The highest BCUT2D eigenvalue weighted by molar-refractivity contribution is 7.18. The first-order chi connectivity index (χ1) is 10.7. The minimum atomic E-state index is 0.454. The monoisotopic (exact) mass is 309 g/mol. The molecule has 0 unspecified atom stereocenters. The number of nitrogens with zero attached hydrogens (tertiary/aromatic N) is 3. The number of aromatic nitrogens is 4. The van der Waals surface area contributed by atoms with Crippen molar-refractivity contribution < 1.29 is 0 Å². The Bertz CT molecular complexity index is 953. The molecule has 3 heterocycles. The van der Waals surface area contributed by atoms with E-state index in [0.29, 0.717) is 5.92 Å². The van der Waals surface area contributed by atoms with Gasteiger partial charge in [0.1, 0.15) is 17.8 Å². The standard InChI is InChI=1S/C16H15N5S/c1-9(2)16-21-12-4-3-10(7-13(12)22-16)20-15-11-5-6-17-14(11)18-8-19-15/h3-9H,1-2H3,(H2,17,18,19,20). The molecule has 2 N–H and O–H groups in total. The Kier molecular flexibility index (Phi) is 3.04. The van der Waals surface area contributed by atoms with Crippen molar-refractivity contribution in [1.82, 2.24) is 19.9 Å². The summed E-state index contributed by atoms with van der Waals surface area (Å²) >= 11 is 1.75. The maximum absolute atomic E-state index is 4.66. The number of rotatable bonds is 3. The van der Waals surface area contributed by atoms with Crippen molar-refractivity contribution in [2.75, 3.05) is 5.32 Å². The zero-order valence-electron chi connectivity index (χ0n) is 12.3. The molecule has 0 radical (unpaired) electrons. The highest BCUT2D eigenvalue weighted by atomic mass is 32.1. The normalized spacial score (nSPS) is 11.6. The topological polar surface area (TPSA) is 66.5 Å². The van der Waals surface area contributed by atoms with E-state index in [-0.39, 0.29) is 0 Å². The molecule has 0 fully saturated rings. The molecule has 110 valence electrons. The fourth-order valence-corrected chi connectivity index (χ4v) is 3.39. The van der Waals surface area contributed by atoms with E-state index in [1.807, 2.05) is 18.3 Å². The lowest BCUT2D eigenvalue weighted by Crippen LogP contribution is -1.94. The van der Waals surface area contributed by atoms with Crippen molar-refractivity contribution in [2.24, 2.45) is 0 Å². The second-order valence-corrected chi connectivity index (χ2v) is 6.54. The van der Waals surface area contributed by atoms with Gasteiger partial charge in [-0.2, -0.15) is 0 Å². The Morgan fingerprint density at radius 2 is 2.09 bits per heavy atom. The summed E-state index contributed by atoms with van der Waals surface area (Å²) in [6.07, 6.45) is 3.43. The van der Waals surface area contributed by atoms with Gasteiger partial charge in [0.2, 0.25) is 0 Å². The number of aromatic amines is 1. The molecule has 0 saturated heterocycles. The fraction of sp³-hybridized carbons (Fsp3) is 0.188. The van der Waals surface area contributed by atoms with Crippen LogP contribution in [-0.2, 0) is 0 Å². The van der Waals surface area contributed by atoms with Gasteiger partial charge in [0.05, 0.1) is 20.6 Å². The smallest absolute Gasteiger partial charge is 0.143 e. The van der Waals surface area contributed by atoms with Gasteiger partial charge in [-0.05, 0) is 24.3 Å². The van der Waals surface area contributed by atoms with Crippen molar-refractivity contribution in [3.8, 4) is 0 Å². The summed E-state index contributed by atoms with van der Waals surface area (Å²) in [5, 5.41) is 5.52. The second kappa shape index (κ2) is 5.06. The van der Waals surface area contributed by atoms with Crippen molar-refractivity contribution in [1.29, 1.82) is 0 Å². The lowest BCUT2D eigenvalue weighted by molar-refractivity contribution is 0.857. The molecule has 6 heteroatoms. The van der Waals surface area contributed by atoms with Gasteiger partial charge in [-0.3, -0.25) is 0 Å². The number of hydrogen-bond acceptors (Lipinski definition) is 5. The summed E-state index contributed by atoms with van der Waals surface area (Å²) in [6.45, 7) is 4.33. The predicted molar refractivity (Wildman–Crippen MR) is 90.9 cm³/mol. The van der Waals surface area contributed by atoms with E-state index in [2.05, 4.69) is 51.2 Å². The molecule has 0 atom stereocenters. The summed E-state index contributed by atoms with van der Waals surface area (Å²) < 4.78 is 1.19. The Labute approximate surface area is 131 Å². The average molecular weight is 309 g/mol. The highest BCUT2D eigenvalue weighted by Gasteiger charge is 2.09. The number of thiazole rings is 1. The van der Waals surface area contributed by atoms with E-state index in [0.717, 1.165) is 28.1 Å². The third kappa shape index (κ3) is 2.21. The van der Waals surface area contributed by atoms with E-state index >= 15 is 0 Å². The van der Waals surface area contributed by atoms with E-state index in [4.69, 9.17) is 0 Å². The van der Waals surface area contributed by atoms with Gasteiger partial charge in [-0.25, -0.2) is 15.0 Å². The summed E-state index contributed by atoms with van der Waals surface area (Å²) in [5.74, 6) is 1.26. The Balaban J connectivity index is 1.73. The molecule has 3 aromatic heterocycles. The summed E-state index contributed by atoms with van der Waals surface area (Å²) in [5.41, 5.74) is 2.89. The number of nitrogens with one attached hydrogen (secondary N) is 2. The molecule has 0 aliphatic heterocycles. The van der Waals surface area contributed by atoms with Gasteiger partial charge < -0.3 is 10.3 Å². The molecule has 22 heavy (non-hydrogen) atoms. The van der Waals surface area contributed by atoms with E-state index < -0.39 is 0 Å². The Morgan fingerprint density at radius 1 is 1.18 bits per heavy atom. The lowest BCUT2D eigenvalue weighted by atomic mass is 10.2. The molecular formula is C16H15N5S. The van der Waals surface area contributed by atoms with E-state index in [1.54, 1.807) is 17.7 Å². The van der Waals surface area contributed by atoms with Gasteiger partial charge in [0.25, 0.3) is 0 Å². The number of benzene rings is 1. The Hall–Kier alpha value is -2.47. The van der Waals surface area contributed by atoms with Crippen LogP contribution in [0.5, 0.6) is 0 Å². The van der Waals surface area contributed by atoms with Crippen molar-refractivity contribution >= 4 is 44.1 Å². The quantitative estimate of drug-likeness (QED) is 0.587. The largest absolute Gasteiger partial charge is 0.346 e. The van der Waals surface area contributed by atoms with Crippen LogP contribution >= 0.6 is 11.3 Å². The lowest BCUT2D eigenvalue weighted by Gasteiger charge is -2.06. The van der Waals surface area contributed by atoms with Gasteiger partial charge in [0.15, 0.2) is 0 Å². The molecular weight excluding hydrogens is 294 g/mol. The molecule has 0 amide bonds. The third-order valence-corrected chi connectivity index (χ3v) is 4.83. The van der Waals surface area contributed by atoms with Crippen molar-refractivity contribution in [3.05, 3.63) is 41.8 Å². The van der Waals surface area contributed by atoms with Gasteiger partial charge >= 0.3 is 0 Å². The van der Waals surface area contributed by atoms with Crippen LogP contribution in [0.2, 0.25) is 0 Å². The van der Waals surface area contributed by atoms with Crippen LogP contribution in [0.25, 0.3) is 21.3 Å². The van der Waals surface area contributed by atoms with Crippen LogP contribution in [0.1, 0.15) is 24.8 Å². The molecule has 1 aromatic carbocycles. The van der Waals surface area contributed by atoms with Gasteiger partial charge in [0, 0.05) is 17.8 Å². The van der Waals surface area contributed by atoms with Crippen molar-refractivity contribution in [3.63, 3.8) is 0 Å². The number of hydrogen-bond donors (Lipinski definition) is 2. The van der Waals surface area contributed by atoms with Crippen LogP contribution in [0.3, 0.4) is 0 Å². The minimum Gasteiger partial charge on any atom is -0.346 e. The van der Waals surface area contributed by atoms with Crippen LogP contribution in [0.15, 0.2) is 36.8 Å². The summed E-state index contributed by atoms with van der Waals surface area (Å²) in [6, 6.07) is 8.18. The molecule has 5 nitrogen and oxygen atoms in total. The first-order valence-corrected chi connectivity index (χ1v) is 7.98. The third-order valence-electron chi connectivity index (χ3n) is 3.52. The molecule has 0 bridgehead atoms. The zero-order valence-corrected chi connectivity index (χ0v) is 13.1. The maximum atomic E-state index is 4.66. The van der Waals surface area contributed by atoms with Crippen molar-refractivity contribution in [2.45, 2.75) is 19.8 Å². The molecule has 0 aliphatic rings. The first kappa shape index (κ1) is 13.2. The molecule has 0 spiro atoms. The molecule has 4 rings (SSSR count). The zero-order chi connectivity index (χ0) is 15.1. The van der Waals surface area contributed by atoms with Crippen LogP contribution in [0, 0.1) is 0 Å². The van der Waals surface area contributed by atoms with Gasteiger partial charge in [-0.15, -0.1) is 11.3 Å². The van der Waals surface area contributed by atoms with Crippen LogP contribution < -0.4 is 5.32 Å². The minimum absolute atomic E-state index is 0.454. The summed E-state index contributed by atoms with van der Waals surface area (Å²) in [7, 11) is 0. The van der Waals surface area contributed by atoms with E-state index in [1.165, 1.54) is 9.71 Å². The molecule has 4 aromatic rings. The predicted octanol–water partition coefficient (Wildman–Crippen LogP) is 4.43. The van der Waals surface area contributed by atoms with E-state index in [9.17, 15) is 0 Å². The maximum Gasteiger partial charge on any atom is 0.143 e. The van der Waals surface area contributed by atoms with Gasteiger partial charge in [-0.1, -0.05) is 13.8 Å². The van der Waals surface area contributed by atoms with Crippen LogP contribution in [-0.4, -0.2) is 19.9 Å². The summed E-state index contributed by atoms with van der Waals surface area (Å²) in [4.78, 5) is 16.3. The fourth-order valence-electron chi connectivity index (χ4n) is 2.38. The molecule has 0 aliphatic carbocycles. The average Bonchev–Trinajstić information content (AvgIpc) is 3.13. The van der Waals surface area contributed by atoms with Crippen LogP contribution in [0.4, 0.5) is 11.5 Å². The first-order valence-electron chi connectivity index (χ1n) is 7.16. The molecule has 0 saturated carbocycles. The Morgan fingerprint density at radius 3 is 2.95 bits per heavy atom. The SMILES string of the molecule is CC(C)c1nc2ccc(Nc3ncnc4[nH]ccc34)cc2s1. The second-order valence-electron chi connectivity index (χ2n) is 5.48. The number of anilines is 2. The number of fused-ring (bicyclic) bond motifs is 2.